The Balaban J connectivity index is 1.94. The van der Waals surface area contributed by atoms with E-state index in [0.717, 1.165) is 0 Å². The molecule has 0 unspecified atom stereocenters. The van der Waals surface area contributed by atoms with Gasteiger partial charge in [0.15, 0.2) is 5.75 Å². The van der Waals surface area contributed by atoms with Gasteiger partial charge in [-0.05, 0) is 29.8 Å². The highest BCUT2D eigenvalue weighted by Gasteiger charge is 2.21. The third-order valence-corrected chi connectivity index (χ3v) is 3.92. The summed E-state index contributed by atoms with van der Waals surface area (Å²) in [5.41, 5.74) is 0.904. The Morgan fingerprint density at radius 2 is 1.69 bits per heavy atom. The van der Waals surface area contributed by atoms with Crippen molar-refractivity contribution in [2.45, 2.75) is 0 Å². The first-order valence-electron chi connectivity index (χ1n) is 7.97. The maximum Gasteiger partial charge on any atom is 0.348 e. The summed E-state index contributed by atoms with van der Waals surface area (Å²) in [5.74, 6) is -0.414. The molecule has 0 N–H and O–H groups in total. The van der Waals surface area contributed by atoms with Crippen molar-refractivity contribution in [3.8, 4) is 16.9 Å². The molecule has 0 aliphatic rings. The molecule has 2 aromatic heterocycles. The lowest BCUT2D eigenvalue weighted by molar-refractivity contribution is 0.0737. The number of nitrogens with zero attached hydrogens (tertiary/aromatic N) is 1. The van der Waals surface area contributed by atoms with Gasteiger partial charge in [0.05, 0.1) is 10.9 Å². The predicted octanol–water partition coefficient (Wildman–Crippen LogP) is 4.07. The smallest absolute Gasteiger partial charge is 0.348 e. The van der Waals surface area contributed by atoms with E-state index in [4.69, 9.17) is 9.15 Å². The number of esters is 1. The molecule has 0 aliphatic carbocycles. The summed E-state index contributed by atoms with van der Waals surface area (Å²) in [6, 6.07) is 19.2. The molecule has 0 saturated carbocycles. The number of ether oxygens (including phenoxy) is 1. The van der Waals surface area contributed by atoms with Crippen LogP contribution in [0.25, 0.3) is 22.1 Å². The van der Waals surface area contributed by atoms with Gasteiger partial charge in [-0.2, -0.15) is 0 Å². The van der Waals surface area contributed by atoms with Crippen molar-refractivity contribution in [1.29, 1.82) is 0 Å². The average Bonchev–Trinajstić information content (AvgIpc) is 2.69. The number of aromatic nitrogens is 1. The van der Waals surface area contributed by atoms with Crippen LogP contribution in [0, 0.1) is 0 Å². The Kier molecular flexibility index (Phi) is 4.03. The topological polar surface area (TPSA) is 69.4 Å². The van der Waals surface area contributed by atoms with Crippen LogP contribution in [0.5, 0.6) is 5.75 Å². The Morgan fingerprint density at radius 3 is 2.46 bits per heavy atom. The molecule has 5 heteroatoms. The second kappa shape index (κ2) is 6.64. The largest absolute Gasteiger partial charge is 0.422 e. The number of fused-ring (bicyclic) bond motifs is 1. The highest BCUT2D eigenvalue weighted by molar-refractivity contribution is 5.97. The van der Waals surface area contributed by atoms with Crippen molar-refractivity contribution in [3.05, 3.63) is 95.1 Å². The van der Waals surface area contributed by atoms with Gasteiger partial charge in [-0.3, -0.25) is 4.98 Å². The summed E-state index contributed by atoms with van der Waals surface area (Å²) in [5, 5.41) is 0.545. The molecule has 4 rings (SSSR count). The predicted molar refractivity (Wildman–Crippen MR) is 97.1 cm³/mol. The number of para-hydroxylation sites is 1. The molecule has 2 heterocycles. The summed E-state index contributed by atoms with van der Waals surface area (Å²) in [6.45, 7) is 0. The molecule has 0 aliphatic heterocycles. The summed E-state index contributed by atoms with van der Waals surface area (Å²) >= 11 is 0. The molecule has 126 valence electrons. The van der Waals surface area contributed by atoms with Gasteiger partial charge in [0.25, 0.3) is 0 Å². The first-order valence-corrected chi connectivity index (χ1v) is 7.97. The standard InChI is InChI=1S/C21H13NO4/c23-20(15-9-6-12-22-13-15)26-19-16-10-4-5-11-17(16)25-21(24)18(19)14-7-2-1-3-8-14/h1-13H. The molecule has 0 radical (unpaired) electrons. The van der Waals surface area contributed by atoms with Crippen molar-refractivity contribution in [2.24, 2.45) is 0 Å². The molecule has 26 heavy (non-hydrogen) atoms. The van der Waals surface area contributed by atoms with E-state index in [2.05, 4.69) is 4.98 Å². The van der Waals surface area contributed by atoms with Crippen LogP contribution in [-0.2, 0) is 0 Å². The second-order valence-electron chi connectivity index (χ2n) is 5.59. The van der Waals surface area contributed by atoms with Crippen LogP contribution in [0.2, 0.25) is 0 Å². The molecule has 0 fully saturated rings. The zero-order valence-corrected chi connectivity index (χ0v) is 13.6. The number of benzene rings is 2. The van der Waals surface area contributed by atoms with E-state index >= 15 is 0 Å². The number of hydrogen-bond donors (Lipinski definition) is 0. The lowest BCUT2D eigenvalue weighted by Crippen LogP contribution is -2.13. The van der Waals surface area contributed by atoms with Gasteiger partial charge in [-0.1, -0.05) is 42.5 Å². The maximum atomic E-state index is 12.6. The number of carbonyl (C=O) groups excluding carboxylic acids is 1. The molecule has 0 spiro atoms. The monoisotopic (exact) mass is 343 g/mol. The van der Waals surface area contributed by atoms with Gasteiger partial charge in [-0.15, -0.1) is 0 Å². The van der Waals surface area contributed by atoms with E-state index in [-0.39, 0.29) is 11.3 Å². The first-order chi connectivity index (χ1) is 12.7. The molecule has 5 nitrogen and oxygen atoms in total. The summed E-state index contributed by atoms with van der Waals surface area (Å²) in [6.07, 6.45) is 2.98. The van der Waals surface area contributed by atoms with Gasteiger partial charge < -0.3 is 9.15 Å². The Hall–Kier alpha value is -3.73. The van der Waals surface area contributed by atoms with E-state index in [9.17, 15) is 9.59 Å². The van der Waals surface area contributed by atoms with Crippen molar-refractivity contribution in [3.63, 3.8) is 0 Å². The molecular weight excluding hydrogens is 330 g/mol. The van der Waals surface area contributed by atoms with Crippen molar-refractivity contribution in [1.82, 2.24) is 4.98 Å². The van der Waals surface area contributed by atoms with Crippen LogP contribution < -0.4 is 10.4 Å². The van der Waals surface area contributed by atoms with E-state index in [1.54, 1.807) is 66.9 Å². The minimum atomic E-state index is -0.592. The normalized spacial score (nSPS) is 10.6. The SMILES string of the molecule is O=C(Oc1c(-c2ccccc2)c(=O)oc2ccccc12)c1cccnc1. The fourth-order valence-corrected chi connectivity index (χ4v) is 2.72. The minimum absolute atomic E-state index is 0.178. The minimum Gasteiger partial charge on any atom is -0.422 e. The lowest BCUT2D eigenvalue weighted by Gasteiger charge is -2.12. The molecule has 0 atom stereocenters. The number of pyridine rings is 1. The van der Waals surface area contributed by atoms with Crippen LogP contribution in [-0.4, -0.2) is 11.0 Å². The van der Waals surface area contributed by atoms with Crippen molar-refractivity contribution < 1.29 is 13.9 Å². The second-order valence-corrected chi connectivity index (χ2v) is 5.59. The van der Waals surface area contributed by atoms with Crippen LogP contribution in [0.1, 0.15) is 10.4 Å². The zero-order chi connectivity index (χ0) is 17.9. The van der Waals surface area contributed by atoms with Crippen LogP contribution in [0.15, 0.2) is 88.3 Å². The third kappa shape index (κ3) is 2.86. The Morgan fingerprint density at radius 1 is 0.923 bits per heavy atom. The highest BCUT2D eigenvalue weighted by atomic mass is 16.5. The van der Waals surface area contributed by atoms with Gasteiger partial charge >= 0.3 is 11.6 Å². The van der Waals surface area contributed by atoms with Gasteiger partial charge in [0.2, 0.25) is 0 Å². The molecular formula is C21H13NO4. The molecule has 0 amide bonds. The summed E-state index contributed by atoms with van der Waals surface area (Å²) in [7, 11) is 0. The summed E-state index contributed by atoms with van der Waals surface area (Å²) in [4.78, 5) is 29.1. The van der Waals surface area contributed by atoms with Crippen LogP contribution in [0.3, 0.4) is 0 Å². The molecule has 2 aromatic carbocycles. The van der Waals surface area contributed by atoms with Crippen LogP contribution in [0.4, 0.5) is 0 Å². The van der Waals surface area contributed by atoms with Gasteiger partial charge in [0, 0.05) is 12.4 Å². The van der Waals surface area contributed by atoms with Gasteiger partial charge in [-0.25, -0.2) is 9.59 Å². The van der Waals surface area contributed by atoms with E-state index < -0.39 is 11.6 Å². The lowest BCUT2D eigenvalue weighted by atomic mass is 10.0. The molecule has 0 bridgehead atoms. The quantitative estimate of drug-likeness (QED) is 0.414. The fraction of sp³-hybridized carbons (Fsp3) is 0. The van der Waals surface area contributed by atoms with E-state index in [0.29, 0.717) is 22.1 Å². The third-order valence-electron chi connectivity index (χ3n) is 3.92. The highest BCUT2D eigenvalue weighted by Crippen LogP contribution is 2.34. The van der Waals surface area contributed by atoms with Gasteiger partial charge in [0.1, 0.15) is 11.1 Å². The maximum absolute atomic E-state index is 12.6. The average molecular weight is 343 g/mol. The number of carbonyl (C=O) groups is 1. The van der Waals surface area contributed by atoms with Crippen molar-refractivity contribution in [2.75, 3.05) is 0 Å². The number of hydrogen-bond acceptors (Lipinski definition) is 5. The molecule has 0 saturated heterocycles. The Labute approximate surface area is 148 Å². The fourth-order valence-electron chi connectivity index (χ4n) is 2.72. The number of rotatable bonds is 3. The Bertz CT molecular complexity index is 1130. The summed E-state index contributed by atoms with van der Waals surface area (Å²) < 4.78 is 11.1. The van der Waals surface area contributed by atoms with Crippen molar-refractivity contribution >= 4 is 16.9 Å². The first kappa shape index (κ1) is 15.8. The van der Waals surface area contributed by atoms with Crippen LogP contribution >= 0.6 is 0 Å². The molecule has 4 aromatic rings. The van der Waals surface area contributed by atoms with E-state index in [1.807, 2.05) is 6.07 Å². The van der Waals surface area contributed by atoms with E-state index in [1.165, 1.54) is 6.20 Å². The zero-order valence-electron chi connectivity index (χ0n) is 13.6.